The molecule has 16 heteroatoms. The maximum Gasteiger partial charge on any atom is 0.338 e. The summed E-state index contributed by atoms with van der Waals surface area (Å²) in [5, 5.41) is 6.03. The molecule has 0 saturated carbocycles. The van der Waals surface area contributed by atoms with Crippen molar-refractivity contribution in [3.05, 3.63) is 54.1 Å². The minimum absolute atomic E-state index is 0.112. The summed E-state index contributed by atoms with van der Waals surface area (Å²) in [6, 6.07) is 14.4. The van der Waals surface area contributed by atoms with Crippen molar-refractivity contribution >= 4 is 23.3 Å². The second-order valence-electron chi connectivity index (χ2n) is 12.2. The van der Waals surface area contributed by atoms with Crippen LogP contribution < -0.4 is 15.4 Å². The third kappa shape index (κ3) is 30.3. The molecule has 1 amide bonds. The van der Waals surface area contributed by atoms with E-state index in [0.717, 1.165) is 30.8 Å². The Hall–Kier alpha value is -3.42. The van der Waals surface area contributed by atoms with Gasteiger partial charge in [0.05, 0.1) is 138 Å². The minimum Gasteiger partial charge on any atom is -0.491 e. The number of amides is 1. The third-order valence-corrected chi connectivity index (χ3v) is 7.46. The molecule has 0 spiro atoms. The Bertz CT molecular complexity index is 1220. The molecule has 0 heterocycles. The van der Waals surface area contributed by atoms with Crippen molar-refractivity contribution in [1.29, 1.82) is 0 Å². The lowest BCUT2D eigenvalue weighted by Gasteiger charge is -2.09. The van der Waals surface area contributed by atoms with Crippen LogP contribution in [0.25, 0.3) is 0 Å². The molecule has 0 saturated heterocycles. The Morgan fingerprint density at radius 1 is 0.456 bits per heavy atom. The highest BCUT2D eigenvalue weighted by atomic mass is 16.6. The molecule has 0 bridgehead atoms. The molecule has 57 heavy (non-hydrogen) atoms. The van der Waals surface area contributed by atoms with E-state index in [4.69, 9.17) is 56.8 Å². The largest absolute Gasteiger partial charge is 0.491 e. The average Bonchev–Trinajstić information content (AvgIpc) is 3.21. The van der Waals surface area contributed by atoms with E-state index in [-0.39, 0.29) is 18.5 Å². The van der Waals surface area contributed by atoms with Gasteiger partial charge in [-0.15, -0.1) is 0 Å². The van der Waals surface area contributed by atoms with Gasteiger partial charge in [-0.05, 0) is 55.0 Å². The number of benzene rings is 2. The molecule has 2 aromatic rings. The van der Waals surface area contributed by atoms with Gasteiger partial charge in [-0.1, -0.05) is 13.3 Å². The number of anilines is 2. The zero-order valence-electron chi connectivity index (χ0n) is 34.0. The van der Waals surface area contributed by atoms with E-state index in [1.165, 1.54) is 6.92 Å². The molecule has 0 aromatic heterocycles. The summed E-state index contributed by atoms with van der Waals surface area (Å²) in [5.74, 6) is 0.235. The second-order valence-corrected chi connectivity index (χ2v) is 12.2. The Morgan fingerprint density at radius 2 is 0.807 bits per heavy atom. The number of rotatable bonds is 40. The normalized spacial score (nSPS) is 11.1. The third-order valence-electron chi connectivity index (χ3n) is 7.46. The Kier molecular flexibility index (Phi) is 32.2. The zero-order chi connectivity index (χ0) is 40.7. The summed E-state index contributed by atoms with van der Waals surface area (Å²) in [7, 11) is 0. The summed E-state index contributed by atoms with van der Waals surface area (Å²) >= 11 is 0. The van der Waals surface area contributed by atoms with E-state index >= 15 is 0 Å². The van der Waals surface area contributed by atoms with Gasteiger partial charge >= 0.3 is 5.97 Å². The molecule has 0 aliphatic rings. The van der Waals surface area contributed by atoms with Crippen LogP contribution in [0, 0.1) is 0 Å². The van der Waals surface area contributed by atoms with Crippen LogP contribution in [-0.4, -0.2) is 164 Å². The maximum atomic E-state index is 12.1. The molecule has 2 aromatic carbocycles. The van der Waals surface area contributed by atoms with Gasteiger partial charge in [0.2, 0.25) is 5.91 Å². The van der Waals surface area contributed by atoms with E-state index in [2.05, 4.69) is 17.6 Å². The van der Waals surface area contributed by atoms with E-state index < -0.39 is 0 Å². The monoisotopic (exact) mass is 810 g/mol. The SMILES string of the molecule is CCCCNc1ccc(C(=O)OCCOCCOCCOCCOCCOCCOCCOCCOCCOCCOCCOc2ccc(NC(C)=O)cc2)cc1. The number of carbonyl (C=O) groups excluding carboxylic acids is 2. The lowest BCUT2D eigenvalue weighted by molar-refractivity contribution is -0.114. The van der Waals surface area contributed by atoms with Crippen LogP contribution >= 0.6 is 0 Å². The number of carbonyl (C=O) groups is 2. The first-order valence-corrected chi connectivity index (χ1v) is 19.9. The van der Waals surface area contributed by atoms with Gasteiger partial charge < -0.3 is 67.5 Å². The lowest BCUT2D eigenvalue weighted by atomic mass is 10.2. The molecule has 0 radical (unpaired) electrons. The Labute approximate surface area is 338 Å². The summed E-state index contributed by atoms with van der Waals surface area (Å²) in [5.41, 5.74) is 2.23. The van der Waals surface area contributed by atoms with Crippen LogP contribution in [0.1, 0.15) is 37.0 Å². The van der Waals surface area contributed by atoms with Crippen LogP contribution in [-0.2, 0) is 56.9 Å². The van der Waals surface area contributed by atoms with E-state index in [0.29, 0.717) is 150 Å². The Morgan fingerprint density at radius 3 is 1.18 bits per heavy atom. The van der Waals surface area contributed by atoms with Crippen molar-refractivity contribution in [1.82, 2.24) is 0 Å². The molecular weight excluding hydrogens is 744 g/mol. The highest BCUT2D eigenvalue weighted by Gasteiger charge is 2.07. The topological polar surface area (TPSA) is 169 Å². The molecule has 0 atom stereocenters. The summed E-state index contributed by atoms with van der Waals surface area (Å²) in [6.07, 6.45) is 2.24. The molecule has 0 fully saturated rings. The molecule has 0 aliphatic carbocycles. The van der Waals surface area contributed by atoms with Crippen LogP contribution in [0.5, 0.6) is 5.75 Å². The number of nitrogens with one attached hydrogen (secondary N) is 2. The van der Waals surface area contributed by atoms with Gasteiger partial charge in [-0.2, -0.15) is 0 Å². The fourth-order valence-corrected chi connectivity index (χ4v) is 4.55. The molecule has 16 nitrogen and oxygen atoms in total. The van der Waals surface area contributed by atoms with Crippen LogP contribution in [0.4, 0.5) is 11.4 Å². The predicted octanol–water partition coefficient (Wildman–Crippen LogP) is 4.26. The average molecular weight is 811 g/mol. The molecule has 0 aliphatic heterocycles. The fraction of sp³-hybridized carbons (Fsp3) is 0.659. The quantitative estimate of drug-likeness (QED) is 0.0723. The smallest absolute Gasteiger partial charge is 0.338 e. The van der Waals surface area contributed by atoms with Crippen molar-refractivity contribution < 1.29 is 66.4 Å². The molecule has 324 valence electrons. The molecule has 2 rings (SSSR count). The predicted molar refractivity (Wildman–Crippen MR) is 215 cm³/mol. The maximum absolute atomic E-state index is 12.1. The number of esters is 1. The lowest BCUT2D eigenvalue weighted by Crippen LogP contribution is -2.16. The molecular formula is C41H66N2O14. The zero-order valence-corrected chi connectivity index (χ0v) is 34.0. The highest BCUT2D eigenvalue weighted by molar-refractivity contribution is 5.90. The van der Waals surface area contributed by atoms with Crippen LogP contribution in [0.3, 0.4) is 0 Å². The first kappa shape index (κ1) is 49.7. The standard InChI is InChI=1S/C41H66N2O14/c1-3-4-13-42-38-7-5-37(6-8-38)41(45)57-35-33-55-31-29-53-27-25-51-23-21-49-19-17-47-15-14-46-16-18-48-20-22-50-24-26-52-28-30-54-32-34-56-40-11-9-39(10-12-40)43-36(2)44/h5-12,42H,3-4,13-35H2,1-2H3,(H,43,44). The van der Waals surface area contributed by atoms with Crippen molar-refractivity contribution in [3.8, 4) is 5.75 Å². The van der Waals surface area contributed by atoms with E-state index in [1.54, 1.807) is 36.4 Å². The van der Waals surface area contributed by atoms with Crippen molar-refractivity contribution in [2.75, 3.05) is 163 Å². The van der Waals surface area contributed by atoms with Gasteiger partial charge in [-0.3, -0.25) is 4.79 Å². The summed E-state index contributed by atoms with van der Waals surface area (Å²) in [6.45, 7) is 14.4. The van der Waals surface area contributed by atoms with Crippen LogP contribution in [0.15, 0.2) is 48.5 Å². The molecule has 2 N–H and O–H groups in total. The summed E-state index contributed by atoms with van der Waals surface area (Å²) < 4.78 is 65.8. The van der Waals surface area contributed by atoms with Gasteiger partial charge in [0, 0.05) is 24.8 Å². The first-order chi connectivity index (χ1) is 28.1. The van der Waals surface area contributed by atoms with Gasteiger partial charge in [0.15, 0.2) is 0 Å². The van der Waals surface area contributed by atoms with Crippen molar-refractivity contribution in [2.24, 2.45) is 0 Å². The van der Waals surface area contributed by atoms with Crippen molar-refractivity contribution in [3.63, 3.8) is 0 Å². The summed E-state index contributed by atoms with van der Waals surface area (Å²) in [4.78, 5) is 23.2. The minimum atomic E-state index is -0.365. The first-order valence-electron chi connectivity index (χ1n) is 19.9. The van der Waals surface area contributed by atoms with Gasteiger partial charge in [0.25, 0.3) is 0 Å². The van der Waals surface area contributed by atoms with Gasteiger partial charge in [0.1, 0.15) is 19.0 Å². The number of hydrogen-bond donors (Lipinski definition) is 2. The van der Waals surface area contributed by atoms with Crippen LogP contribution in [0.2, 0.25) is 0 Å². The van der Waals surface area contributed by atoms with E-state index in [1.807, 2.05) is 12.1 Å². The Balaban J connectivity index is 1.18. The second kappa shape index (κ2) is 36.9. The number of ether oxygens (including phenoxy) is 12. The van der Waals surface area contributed by atoms with Gasteiger partial charge in [-0.25, -0.2) is 4.79 Å². The molecule has 0 unspecified atom stereocenters. The number of hydrogen-bond acceptors (Lipinski definition) is 15. The highest BCUT2D eigenvalue weighted by Crippen LogP contribution is 2.15. The fourth-order valence-electron chi connectivity index (χ4n) is 4.55. The van der Waals surface area contributed by atoms with E-state index in [9.17, 15) is 9.59 Å². The van der Waals surface area contributed by atoms with Crippen molar-refractivity contribution in [2.45, 2.75) is 26.7 Å². The number of unbranched alkanes of at least 4 members (excludes halogenated alkanes) is 1.